The quantitative estimate of drug-likeness (QED) is 0.237. The zero-order chi connectivity index (χ0) is 22.3. The highest BCUT2D eigenvalue weighted by atomic mass is 16.4. The lowest BCUT2D eigenvalue weighted by Gasteiger charge is -2.19. The summed E-state index contributed by atoms with van der Waals surface area (Å²) in [5.74, 6) is -3.38. The number of aliphatic carboxylic acids is 1. The van der Waals surface area contributed by atoms with E-state index in [9.17, 15) is 24.3 Å². The molecule has 1 aromatic carbocycles. The number of amides is 3. The van der Waals surface area contributed by atoms with Gasteiger partial charge in [-0.25, -0.2) is 4.79 Å². The van der Waals surface area contributed by atoms with Crippen LogP contribution in [0.4, 0.5) is 0 Å². The number of fused-ring (bicyclic) bond motifs is 1. The molecule has 0 saturated heterocycles. The van der Waals surface area contributed by atoms with Crippen molar-refractivity contribution in [3.63, 3.8) is 0 Å². The van der Waals surface area contributed by atoms with Gasteiger partial charge >= 0.3 is 5.97 Å². The van der Waals surface area contributed by atoms with Crippen LogP contribution in [-0.4, -0.2) is 70.2 Å². The van der Waals surface area contributed by atoms with E-state index in [-0.39, 0.29) is 13.0 Å². The van der Waals surface area contributed by atoms with Crippen LogP contribution in [0.1, 0.15) is 12.5 Å². The van der Waals surface area contributed by atoms with E-state index in [0.29, 0.717) is 0 Å². The third-order valence-corrected chi connectivity index (χ3v) is 4.42. The molecular formula is C19H25N5O6. The molecule has 0 aliphatic heterocycles. The zero-order valence-electron chi connectivity index (χ0n) is 16.3. The van der Waals surface area contributed by atoms with Gasteiger partial charge < -0.3 is 36.9 Å². The number of aliphatic hydroxyl groups is 1. The minimum absolute atomic E-state index is 0.147. The number of hydrogen-bond acceptors (Lipinski definition) is 6. The summed E-state index contributed by atoms with van der Waals surface area (Å²) >= 11 is 0. The number of nitrogens with one attached hydrogen (secondary N) is 4. The number of benzene rings is 1. The fourth-order valence-corrected chi connectivity index (χ4v) is 2.89. The largest absolute Gasteiger partial charge is 0.480 e. The Labute approximate surface area is 172 Å². The van der Waals surface area contributed by atoms with E-state index in [1.54, 1.807) is 6.20 Å². The number of aliphatic hydroxyl groups excluding tert-OH is 1. The number of hydrogen-bond donors (Lipinski definition) is 7. The second kappa shape index (κ2) is 10.4. The van der Waals surface area contributed by atoms with Gasteiger partial charge in [0.05, 0.1) is 19.2 Å². The van der Waals surface area contributed by atoms with Crippen LogP contribution in [-0.2, 0) is 25.6 Å². The van der Waals surface area contributed by atoms with Crippen molar-refractivity contribution < 1.29 is 29.4 Å². The summed E-state index contributed by atoms with van der Waals surface area (Å²) in [4.78, 5) is 50.4. The molecule has 1 heterocycles. The Bertz CT molecular complexity index is 925. The first-order valence-electron chi connectivity index (χ1n) is 9.25. The summed E-state index contributed by atoms with van der Waals surface area (Å²) in [5.41, 5.74) is 6.98. The van der Waals surface area contributed by atoms with Gasteiger partial charge in [-0.1, -0.05) is 18.2 Å². The first-order valence-corrected chi connectivity index (χ1v) is 9.25. The molecule has 2 aromatic rings. The first kappa shape index (κ1) is 22.8. The maximum absolute atomic E-state index is 12.6. The van der Waals surface area contributed by atoms with Crippen LogP contribution in [0.5, 0.6) is 0 Å². The van der Waals surface area contributed by atoms with E-state index < -0.39 is 48.4 Å². The van der Waals surface area contributed by atoms with Gasteiger partial charge in [-0.15, -0.1) is 0 Å². The number of aromatic amines is 1. The molecule has 0 aliphatic carbocycles. The smallest absolute Gasteiger partial charge is 0.328 e. The summed E-state index contributed by atoms with van der Waals surface area (Å²) in [6.07, 6.45) is 0.557. The summed E-state index contributed by atoms with van der Waals surface area (Å²) in [5, 5.41) is 26.3. The van der Waals surface area contributed by atoms with Crippen molar-refractivity contribution in [2.75, 3.05) is 13.1 Å². The Hall–Kier alpha value is -3.44. The van der Waals surface area contributed by atoms with Crippen molar-refractivity contribution in [1.82, 2.24) is 20.9 Å². The summed E-state index contributed by atoms with van der Waals surface area (Å²) < 4.78 is 0. The number of para-hydroxylation sites is 1. The highest BCUT2D eigenvalue weighted by molar-refractivity contribution is 5.93. The van der Waals surface area contributed by atoms with Crippen molar-refractivity contribution in [3.8, 4) is 0 Å². The molecule has 0 fully saturated rings. The summed E-state index contributed by atoms with van der Waals surface area (Å²) in [6, 6.07) is 4.94. The third-order valence-electron chi connectivity index (χ3n) is 4.42. The maximum atomic E-state index is 12.6. The molecule has 8 N–H and O–H groups in total. The topological polar surface area (TPSA) is 187 Å². The molecule has 0 bridgehead atoms. The number of nitrogens with two attached hydrogens (primary N) is 1. The Balaban J connectivity index is 2.05. The van der Waals surface area contributed by atoms with E-state index in [1.165, 1.54) is 6.92 Å². The van der Waals surface area contributed by atoms with Crippen LogP contribution in [0.3, 0.4) is 0 Å². The second-order valence-electron chi connectivity index (χ2n) is 6.73. The van der Waals surface area contributed by atoms with E-state index in [4.69, 9.17) is 10.8 Å². The minimum Gasteiger partial charge on any atom is -0.480 e. The predicted molar refractivity (Wildman–Crippen MR) is 107 cm³/mol. The van der Waals surface area contributed by atoms with Crippen LogP contribution in [0.15, 0.2) is 30.5 Å². The van der Waals surface area contributed by atoms with E-state index in [2.05, 4.69) is 20.9 Å². The molecule has 3 atom stereocenters. The fourth-order valence-electron chi connectivity index (χ4n) is 2.89. The summed E-state index contributed by atoms with van der Waals surface area (Å²) in [7, 11) is 0. The van der Waals surface area contributed by atoms with Gasteiger partial charge in [0.2, 0.25) is 17.7 Å². The molecule has 1 aromatic heterocycles. The molecule has 2 rings (SSSR count). The first-order chi connectivity index (χ1) is 14.2. The van der Waals surface area contributed by atoms with Gasteiger partial charge in [0.25, 0.3) is 0 Å². The number of carboxylic acid groups (broad SMARTS) is 1. The van der Waals surface area contributed by atoms with Gasteiger partial charge in [-0.2, -0.15) is 0 Å². The van der Waals surface area contributed by atoms with Crippen LogP contribution >= 0.6 is 0 Å². The number of aromatic nitrogens is 1. The maximum Gasteiger partial charge on any atom is 0.328 e. The lowest BCUT2D eigenvalue weighted by molar-refractivity contribution is -0.144. The molecule has 0 saturated carbocycles. The van der Waals surface area contributed by atoms with Crippen molar-refractivity contribution in [2.45, 2.75) is 31.5 Å². The highest BCUT2D eigenvalue weighted by Gasteiger charge is 2.26. The fraction of sp³-hybridized carbons (Fsp3) is 0.368. The van der Waals surface area contributed by atoms with Gasteiger partial charge in [0.1, 0.15) is 6.04 Å². The van der Waals surface area contributed by atoms with Crippen molar-refractivity contribution in [3.05, 3.63) is 36.0 Å². The number of H-pyrrole nitrogens is 1. The molecule has 3 amide bonds. The Kier molecular flexibility index (Phi) is 7.90. The van der Waals surface area contributed by atoms with Crippen molar-refractivity contribution >= 4 is 34.6 Å². The van der Waals surface area contributed by atoms with Crippen LogP contribution in [0.25, 0.3) is 10.9 Å². The van der Waals surface area contributed by atoms with Crippen LogP contribution in [0, 0.1) is 0 Å². The average molecular weight is 419 g/mol. The molecular weight excluding hydrogens is 394 g/mol. The van der Waals surface area contributed by atoms with Gasteiger partial charge in [0.15, 0.2) is 6.04 Å². The Morgan fingerprint density at radius 1 is 1.13 bits per heavy atom. The van der Waals surface area contributed by atoms with E-state index in [0.717, 1.165) is 16.5 Å². The Morgan fingerprint density at radius 3 is 2.47 bits per heavy atom. The summed E-state index contributed by atoms with van der Waals surface area (Å²) in [6.45, 7) is 0.377. The standard InChI is InChI=1S/C19H25N5O6/c1-10(25)17(19(29)30)24-16(27)9-22-18(28)14(23-15(26)7-20)6-11-8-21-13-5-3-2-4-12(11)13/h2-5,8,10,14,17,21,25H,6-7,9,20H2,1H3,(H,22,28)(H,23,26)(H,24,27)(H,29,30). The number of carbonyl (C=O) groups is 4. The molecule has 3 unspecified atom stereocenters. The van der Waals surface area contributed by atoms with Crippen molar-refractivity contribution in [1.29, 1.82) is 0 Å². The van der Waals surface area contributed by atoms with Crippen LogP contribution in [0.2, 0.25) is 0 Å². The van der Waals surface area contributed by atoms with E-state index >= 15 is 0 Å². The molecule has 30 heavy (non-hydrogen) atoms. The molecule has 0 radical (unpaired) electrons. The highest BCUT2D eigenvalue weighted by Crippen LogP contribution is 2.19. The lowest BCUT2D eigenvalue weighted by Crippen LogP contribution is -2.53. The Morgan fingerprint density at radius 2 is 1.83 bits per heavy atom. The van der Waals surface area contributed by atoms with Gasteiger partial charge in [0, 0.05) is 23.5 Å². The average Bonchev–Trinajstić information content (AvgIpc) is 3.12. The third kappa shape index (κ3) is 6.03. The SMILES string of the molecule is CC(O)C(NC(=O)CNC(=O)C(Cc1c[nH]c2ccccc12)NC(=O)CN)C(=O)O. The number of rotatable bonds is 10. The van der Waals surface area contributed by atoms with Gasteiger partial charge in [-0.3, -0.25) is 14.4 Å². The number of carboxylic acids is 1. The lowest BCUT2D eigenvalue weighted by atomic mass is 10.0. The number of carbonyl (C=O) groups excluding carboxylic acids is 3. The normalized spacial score (nSPS) is 13.8. The molecule has 0 aliphatic rings. The monoisotopic (exact) mass is 419 g/mol. The molecule has 0 spiro atoms. The second-order valence-corrected chi connectivity index (χ2v) is 6.73. The molecule has 11 nitrogen and oxygen atoms in total. The van der Waals surface area contributed by atoms with Gasteiger partial charge in [-0.05, 0) is 18.6 Å². The van der Waals surface area contributed by atoms with Crippen molar-refractivity contribution in [2.24, 2.45) is 5.73 Å². The zero-order valence-corrected chi connectivity index (χ0v) is 16.3. The predicted octanol–water partition coefficient (Wildman–Crippen LogP) is -1.78. The minimum atomic E-state index is -1.51. The molecule has 11 heteroatoms. The molecule has 162 valence electrons. The van der Waals surface area contributed by atoms with E-state index in [1.807, 2.05) is 24.3 Å². The van der Waals surface area contributed by atoms with Crippen LogP contribution < -0.4 is 21.7 Å².